The van der Waals surface area contributed by atoms with E-state index in [-0.39, 0.29) is 18.9 Å². The Kier molecular flexibility index (Phi) is 5.56. The second-order valence-electron chi connectivity index (χ2n) is 7.67. The molecule has 8 nitrogen and oxygen atoms in total. The predicted octanol–water partition coefficient (Wildman–Crippen LogP) is 1.09. The van der Waals surface area contributed by atoms with Gasteiger partial charge in [-0.05, 0) is 43.9 Å². The van der Waals surface area contributed by atoms with Crippen molar-refractivity contribution in [3.05, 3.63) is 23.8 Å². The topological polar surface area (TPSA) is 102 Å². The van der Waals surface area contributed by atoms with E-state index in [1.54, 1.807) is 37.1 Å². The van der Waals surface area contributed by atoms with Gasteiger partial charge < -0.3 is 14.4 Å². The van der Waals surface area contributed by atoms with Crippen LogP contribution < -0.4 is 14.2 Å². The fourth-order valence-electron chi connectivity index (χ4n) is 3.35. The van der Waals surface area contributed by atoms with Gasteiger partial charge in [-0.1, -0.05) is 6.07 Å². The van der Waals surface area contributed by atoms with Gasteiger partial charge in [0.05, 0.1) is 31.3 Å². The van der Waals surface area contributed by atoms with E-state index in [9.17, 15) is 18.0 Å². The summed E-state index contributed by atoms with van der Waals surface area (Å²) in [5, 5.41) is -0.454. The van der Waals surface area contributed by atoms with Crippen LogP contribution in [0.2, 0.25) is 0 Å². The molecule has 1 aromatic rings. The largest absolute Gasteiger partial charge is 0.493 e. The fraction of sp³-hybridized carbons (Fsp3) is 0.579. The van der Waals surface area contributed by atoms with Crippen molar-refractivity contribution in [3.8, 4) is 11.5 Å². The van der Waals surface area contributed by atoms with Gasteiger partial charge >= 0.3 is 0 Å². The highest BCUT2D eigenvalue weighted by Gasteiger charge is 2.45. The molecule has 1 saturated carbocycles. The van der Waals surface area contributed by atoms with Crippen LogP contribution in [0.25, 0.3) is 0 Å². The minimum absolute atomic E-state index is 0.117. The van der Waals surface area contributed by atoms with E-state index < -0.39 is 26.6 Å². The van der Waals surface area contributed by atoms with Crippen molar-refractivity contribution in [3.63, 3.8) is 0 Å². The molecule has 0 bridgehead atoms. The Bertz CT molecular complexity index is 880. The van der Waals surface area contributed by atoms with E-state index in [0.717, 1.165) is 5.56 Å². The van der Waals surface area contributed by atoms with Crippen molar-refractivity contribution < 1.29 is 27.5 Å². The highest BCUT2D eigenvalue weighted by molar-refractivity contribution is 7.90. The molecule has 0 spiro atoms. The van der Waals surface area contributed by atoms with E-state index in [2.05, 4.69) is 4.72 Å². The van der Waals surface area contributed by atoms with E-state index in [1.807, 2.05) is 0 Å². The summed E-state index contributed by atoms with van der Waals surface area (Å²) in [7, 11) is -0.516. The normalized spacial score (nSPS) is 22.0. The fourth-order valence-corrected chi connectivity index (χ4v) is 4.78. The third kappa shape index (κ3) is 4.24. The number of carbonyl (C=O) groups excluding carboxylic acids is 2. The summed E-state index contributed by atoms with van der Waals surface area (Å²) in [5.41, 5.74) is -0.133. The number of methoxy groups -OCH3 is 2. The average Bonchev–Trinajstić information content (AvgIpc) is 3.44. The highest BCUT2D eigenvalue weighted by Crippen LogP contribution is 2.33. The van der Waals surface area contributed by atoms with Gasteiger partial charge in [-0.3, -0.25) is 14.3 Å². The maximum absolute atomic E-state index is 12.7. The molecule has 1 N–H and O–H groups in total. The number of benzene rings is 1. The molecule has 0 radical (unpaired) electrons. The molecule has 3 rings (SSSR count). The molecule has 1 atom stereocenters. The van der Waals surface area contributed by atoms with E-state index >= 15 is 0 Å². The number of nitrogens with zero attached hydrogens (tertiary/aromatic N) is 1. The van der Waals surface area contributed by atoms with Crippen molar-refractivity contribution in [2.24, 2.45) is 5.41 Å². The number of rotatable bonds is 7. The first-order valence-electron chi connectivity index (χ1n) is 9.23. The summed E-state index contributed by atoms with van der Waals surface area (Å²) in [5.74, 6) is 0.485. The molecule has 28 heavy (non-hydrogen) atoms. The van der Waals surface area contributed by atoms with E-state index in [1.165, 1.54) is 7.11 Å². The summed E-state index contributed by atoms with van der Waals surface area (Å²) in [6.45, 7) is 2.32. The van der Waals surface area contributed by atoms with Gasteiger partial charge in [0, 0.05) is 13.1 Å². The Morgan fingerprint density at radius 2 is 1.89 bits per heavy atom. The van der Waals surface area contributed by atoms with Crippen LogP contribution in [-0.4, -0.2) is 57.7 Å². The van der Waals surface area contributed by atoms with Gasteiger partial charge in [-0.2, -0.15) is 0 Å². The molecular weight excluding hydrogens is 384 g/mol. The second-order valence-corrected chi connectivity index (χ2v) is 9.63. The number of amides is 2. The van der Waals surface area contributed by atoms with Crippen LogP contribution in [0.4, 0.5) is 0 Å². The summed E-state index contributed by atoms with van der Waals surface area (Å²) in [4.78, 5) is 26.8. The average molecular weight is 410 g/mol. The second kappa shape index (κ2) is 7.62. The number of carbonyl (C=O) groups is 2. The Morgan fingerprint density at radius 1 is 1.21 bits per heavy atom. The van der Waals surface area contributed by atoms with Crippen molar-refractivity contribution in [2.45, 2.75) is 37.9 Å². The van der Waals surface area contributed by atoms with Gasteiger partial charge in [0.15, 0.2) is 11.5 Å². The Hall–Kier alpha value is -2.29. The molecule has 1 aliphatic heterocycles. The van der Waals surface area contributed by atoms with Crippen LogP contribution in [0.1, 0.15) is 31.7 Å². The molecule has 9 heteroatoms. The van der Waals surface area contributed by atoms with Crippen molar-refractivity contribution >= 4 is 21.8 Å². The number of ether oxygens (including phenoxy) is 2. The predicted molar refractivity (Wildman–Crippen MR) is 103 cm³/mol. The summed E-state index contributed by atoms with van der Waals surface area (Å²) < 4.78 is 36.7. The standard InChI is InChI=1S/C19H26N2O6S/c1-19(18(23)20-28(24,25)14-5-6-14)8-9-21(12-19)17(22)11-13-4-7-15(26-2)16(10-13)27-3/h4,7,10,14H,5-6,8-9,11-12H2,1-3H3,(H,20,23). The third-order valence-corrected chi connectivity index (χ3v) is 7.19. The maximum Gasteiger partial charge on any atom is 0.241 e. The van der Waals surface area contributed by atoms with Gasteiger partial charge in [0.1, 0.15) is 0 Å². The third-order valence-electron chi connectivity index (χ3n) is 5.38. The lowest BCUT2D eigenvalue weighted by Gasteiger charge is -2.23. The first-order valence-corrected chi connectivity index (χ1v) is 10.8. The molecular formula is C19H26N2O6S. The van der Waals surface area contributed by atoms with Gasteiger partial charge in [-0.25, -0.2) is 8.42 Å². The quantitative estimate of drug-likeness (QED) is 0.722. The Balaban J connectivity index is 1.62. The first kappa shape index (κ1) is 20.4. The van der Waals surface area contributed by atoms with Crippen LogP contribution in [0.3, 0.4) is 0 Å². The molecule has 0 aromatic heterocycles. The molecule has 154 valence electrons. The SMILES string of the molecule is COc1ccc(CC(=O)N2CCC(C)(C(=O)NS(=O)(=O)C3CC3)C2)cc1OC. The summed E-state index contributed by atoms with van der Waals surface area (Å²) in [6.07, 6.45) is 1.78. The summed E-state index contributed by atoms with van der Waals surface area (Å²) >= 11 is 0. The molecule has 1 heterocycles. The zero-order valence-electron chi connectivity index (χ0n) is 16.4. The van der Waals surface area contributed by atoms with Crippen molar-refractivity contribution in [2.75, 3.05) is 27.3 Å². The minimum Gasteiger partial charge on any atom is -0.493 e. The Labute approximate surface area is 165 Å². The minimum atomic E-state index is -3.59. The molecule has 2 amide bonds. The van der Waals surface area contributed by atoms with Crippen LogP contribution in [0.5, 0.6) is 11.5 Å². The lowest BCUT2D eigenvalue weighted by molar-refractivity contribution is -0.131. The smallest absolute Gasteiger partial charge is 0.241 e. The number of sulfonamides is 1. The van der Waals surface area contributed by atoms with Crippen molar-refractivity contribution in [1.29, 1.82) is 0 Å². The molecule has 1 aliphatic carbocycles. The van der Waals surface area contributed by atoms with Crippen LogP contribution in [-0.2, 0) is 26.0 Å². The van der Waals surface area contributed by atoms with Crippen molar-refractivity contribution in [1.82, 2.24) is 9.62 Å². The zero-order chi connectivity index (χ0) is 20.5. The molecule has 1 aromatic carbocycles. The van der Waals surface area contributed by atoms with Crippen LogP contribution in [0, 0.1) is 5.41 Å². The van der Waals surface area contributed by atoms with Gasteiger partial charge in [-0.15, -0.1) is 0 Å². The lowest BCUT2D eigenvalue weighted by atomic mass is 9.89. The van der Waals surface area contributed by atoms with Crippen LogP contribution >= 0.6 is 0 Å². The zero-order valence-corrected chi connectivity index (χ0v) is 17.2. The van der Waals surface area contributed by atoms with Gasteiger partial charge in [0.25, 0.3) is 0 Å². The van der Waals surface area contributed by atoms with E-state index in [0.29, 0.717) is 37.3 Å². The molecule has 1 saturated heterocycles. The number of hydrogen-bond donors (Lipinski definition) is 1. The van der Waals surface area contributed by atoms with Crippen LogP contribution in [0.15, 0.2) is 18.2 Å². The maximum atomic E-state index is 12.7. The van der Waals surface area contributed by atoms with E-state index in [4.69, 9.17) is 9.47 Å². The molecule has 2 fully saturated rings. The highest BCUT2D eigenvalue weighted by atomic mass is 32.2. The number of hydrogen-bond acceptors (Lipinski definition) is 6. The number of nitrogens with one attached hydrogen (secondary N) is 1. The number of likely N-dealkylation sites (tertiary alicyclic amines) is 1. The first-order chi connectivity index (χ1) is 13.2. The monoisotopic (exact) mass is 410 g/mol. The lowest BCUT2D eigenvalue weighted by Crippen LogP contribution is -2.45. The Morgan fingerprint density at radius 3 is 2.50 bits per heavy atom. The summed E-state index contributed by atoms with van der Waals surface area (Å²) in [6, 6.07) is 5.29. The molecule has 2 aliphatic rings. The van der Waals surface area contributed by atoms with Gasteiger partial charge in [0.2, 0.25) is 21.8 Å². The molecule has 1 unspecified atom stereocenters.